The van der Waals surface area contributed by atoms with Crippen molar-refractivity contribution in [1.29, 1.82) is 0 Å². The maximum atomic E-state index is 11.4. The van der Waals surface area contributed by atoms with Crippen molar-refractivity contribution in [2.24, 2.45) is 0 Å². The Labute approximate surface area is 240 Å². The molecule has 0 unspecified atom stereocenters. The molecule has 4 aromatic rings. The predicted molar refractivity (Wildman–Crippen MR) is 162 cm³/mol. The molecule has 0 aliphatic carbocycles. The van der Waals surface area contributed by atoms with Crippen LogP contribution in [0.2, 0.25) is 0 Å². The van der Waals surface area contributed by atoms with Gasteiger partial charge in [-0.3, -0.25) is 4.98 Å². The average Bonchev–Trinajstić information content (AvgIpc) is 2.88. The van der Waals surface area contributed by atoms with Crippen LogP contribution in [0.5, 0.6) is 0 Å². The molecule has 2 aromatic heterocycles. The van der Waals surface area contributed by atoms with Crippen LogP contribution in [-0.2, 0) is 15.9 Å². The van der Waals surface area contributed by atoms with Crippen LogP contribution in [0.4, 0.5) is 5.69 Å². The summed E-state index contributed by atoms with van der Waals surface area (Å²) in [6.45, 7) is 4.07. The zero-order valence-electron chi connectivity index (χ0n) is 21.3. The largest absolute Gasteiger partial charge is 0.465 e. The number of rotatable bonds is 4. The van der Waals surface area contributed by atoms with Crippen molar-refractivity contribution in [3.05, 3.63) is 123 Å². The number of benzene rings is 2. The first-order chi connectivity index (χ1) is 17.7. The van der Waals surface area contributed by atoms with Crippen molar-refractivity contribution in [3.63, 3.8) is 0 Å². The molecule has 0 saturated carbocycles. The van der Waals surface area contributed by atoms with E-state index in [0.717, 1.165) is 15.9 Å². The predicted octanol–water partition coefficient (Wildman–Crippen LogP) is 7.25. The van der Waals surface area contributed by atoms with Gasteiger partial charge in [-0.15, -0.1) is 0 Å². The molecule has 0 atom stereocenters. The van der Waals surface area contributed by atoms with Gasteiger partial charge in [0.15, 0.2) is 0 Å². The highest BCUT2D eigenvalue weighted by molar-refractivity contribution is 9.10. The van der Waals surface area contributed by atoms with Crippen molar-refractivity contribution < 1.29 is 19.1 Å². The number of anilines is 1. The first-order valence-corrected chi connectivity index (χ1v) is 12.1. The van der Waals surface area contributed by atoms with E-state index in [2.05, 4.69) is 30.6 Å². The zero-order valence-corrected chi connectivity index (χ0v) is 22.9. The first kappa shape index (κ1) is 35.0. The molecule has 39 heavy (non-hydrogen) atoms. The lowest BCUT2D eigenvalue weighted by molar-refractivity contribution is 0.0592. The topological polar surface area (TPSA) is 104 Å². The molecule has 2 heterocycles. The van der Waals surface area contributed by atoms with Gasteiger partial charge in [0, 0.05) is 30.2 Å². The SMILES string of the molecule is C.C.COC(=O)c1cccc(Cc2cc(C)ccn2)c1.COC(=O)c1cccc(N)c1.Cc1ccnc(Br)c1. The van der Waals surface area contributed by atoms with E-state index in [0.29, 0.717) is 23.2 Å². The molecule has 2 aromatic carbocycles. The minimum atomic E-state index is -0.364. The molecule has 0 radical (unpaired) electrons. The number of aryl methyl sites for hydroxylation is 2. The molecule has 208 valence electrons. The number of nitrogens with two attached hydrogens (primary N) is 1. The number of hydrogen-bond acceptors (Lipinski definition) is 7. The number of carbonyl (C=O) groups excluding carboxylic acids is 2. The van der Waals surface area contributed by atoms with E-state index in [9.17, 15) is 9.59 Å². The molecular weight excluding hydrogens is 558 g/mol. The third kappa shape index (κ3) is 12.8. The summed E-state index contributed by atoms with van der Waals surface area (Å²) in [4.78, 5) is 30.6. The smallest absolute Gasteiger partial charge is 0.337 e. The van der Waals surface area contributed by atoms with E-state index >= 15 is 0 Å². The summed E-state index contributed by atoms with van der Waals surface area (Å²) in [5, 5.41) is 0. The van der Waals surface area contributed by atoms with E-state index in [1.54, 1.807) is 42.7 Å². The van der Waals surface area contributed by atoms with Crippen LogP contribution in [0.1, 0.15) is 58.0 Å². The van der Waals surface area contributed by atoms with Crippen molar-refractivity contribution >= 4 is 33.6 Å². The van der Waals surface area contributed by atoms with Gasteiger partial charge in [0.2, 0.25) is 0 Å². The highest BCUT2D eigenvalue weighted by Gasteiger charge is 2.06. The molecule has 0 bridgehead atoms. The monoisotopic (exact) mass is 595 g/mol. The molecule has 0 aliphatic heterocycles. The average molecular weight is 597 g/mol. The number of pyridine rings is 2. The number of ether oxygens (including phenoxy) is 2. The van der Waals surface area contributed by atoms with E-state index < -0.39 is 0 Å². The Hall–Kier alpha value is -4.04. The minimum absolute atomic E-state index is 0. The molecule has 0 spiro atoms. The lowest BCUT2D eigenvalue weighted by Crippen LogP contribution is -2.02. The summed E-state index contributed by atoms with van der Waals surface area (Å²) >= 11 is 3.25. The normalized spacial score (nSPS) is 9.15. The van der Waals surface area contributed by atoms with E-state index in [1.807, 2.05) is 56.3 Å². The second-order valence-electron chi connectivity index (χ2n) is 7.97. The van der Waals surface area contributed by atoms with Crippen molar-refractivity contribution in [2.45, 2.75) is 35.1 Å². The molecule has 0 aliphatic rings. The van der Waals surface area contributed by atoms with Gasteiger partial charge < -0.3 is 15.2 Å². The Kier molecular flexibility index (Phi) is 16.4. The number of nitrogen functional groups attached to an aromatic ring is 1. The number of esters is 2. The Morgan fingerprint density at radius 1 is 0.769 bits per heavy atom. The lowest BCUT2D eigenvalue weighted by atomic mass is 10.1. The molecule has 4 rings (SSSR count). The number of halogens is 1. The quantitative estimate of drug-likeness (QED) is 0.150. The fourth-order valence-electron chi connectivity index (χ4n) is 3.11. The molecule has 0 amide bonds. The lowest BCUT2D eigenvalue weighted by Gasteiger charge is -2.04. The van der Waals surface area contributed by atoms with Crippen LogP contribution < -0.4 is 5.73 Å². The Balaban J connectivity index is 0.000000591. The summed E-state index contributed by atoms with van der Waals surface area (Å²) in [5.74, 6) is -0.675. The van der Waals surface area contributed by atoms with Crippen LogP contribution in [-0.4, -0.2) is 36.1 Å². The third-order valence-electron chi connectivity index (χ3n) is 4.90. The number of methoxy groups -OCH3 is 2. The number of carbonyl (C=O) groups is 2. The van der Waals surface area contributed by atoms with Gasteiger partial charge in [-0.25, -0.2) is 14.6 Å². The van der Waals surface area contributed by atoms with E-state index in [1.165, 1.54) is 25.3 Å². The first-order valence-electron chi connectivity index (χ1n) is 11.3. The Morgan fingerprint density at radius 2 is 1.31 bits per heavy atom. The second kappa shape index (κ2) is 18.3. The van der Waals surface area contributed by atoms with Gasteiger partial charge in [-0.05, 0) is 101 Å². The summed E-state index contributed by atoms with van der Waals surface area (Å²) in [6.07, 6.45) is 4.29. The maximum Gasteiger partial charge on any atom is 0.337 e. The van der Waals surface area contributed by atoms with Gasteiger partial charge in [-0.1, -0.05) is 33.1 Å². The number of aromatic nitrogens is 2. The van der Waals surface area contributed by atoms with Gasteiger partial charge in [0.25, 0.3) is 0 Å². The van der Waals surface area contributed by atoms with E-state index in [4.69, 9.17) is 10.5 Å². The number of hydrogen-bond donors (Lipinski definition) is 1. The molecule has 2 N–H and O–H groups in total. The zero-order chi connectivity index (χ0) is 27.2. The Bertz CT molecular complexity index is 1310. The highest BCUT2D eigenvalue weighted by atomic mass is 79.9. The van der Waals surface area contributed by atoms with Crippen molar-refractivity contribution in [3.8, 4) is 0 Å². The third-order valence-corrected chi connectivity index (χ3v) is 5.33. The fourth-order valence-corrected chi connectivity index (χ4v) is 3.59. The standard InChI is InChI=1S/C15H15NO2.C8H9NO2.C6H6BrN.2CH4/c1-11-6-7-16-14(8-11)10-12-4-3-5-13(9-12)15(17)18-2;1-11-8(10)6-3-2-4-7(9)5-6;1-5-2-3-8-6(7)4-5;;/h3-9H,10H2,1-2H3;2-5H,9H2,1H3;2-4H,1H3;2*1H4. The minimum Gasteiger partial charge on any atom is -0.465 e. The highest BCUT2D eigenvalue weighted by Crippen LogP contribution is 2.12. The van der Waals surface area contributed by atoms with Crippen LogP contribution in [0.25, 0.3) is 0 Å². The fraction of sp³-hybridized carbons (Fsp3) is 0.226. The van der Waals surface area contributed by atoms with Crippen molar-refractivity contribution in [2.75, 3.05) is 20.0 Å². The van der Waals surface area contributed by atoms with Crippen molar-refractivity contribution in [1.82, 2.24) is 9.97 Å². The van der Waals surface area contributed by atoms with Crippen LogP contribution >= 0.6 is 15.9 Å². The Morgan fingerprint density at radius 3 is 1.79 bits per heavy atom. The van der Waals surface area contributed by atoms with Gasteiger partial charge >= 0.3 is 11.9 Å². The maximum absolute atomic E-state index is 11.4. The summed E-state index contributed by atoms with van der Waals surface area (Å²) in [5.41, 5.74) is 11.5. The molecule has 0 fully saturated rings. The van der Waals surface area contributed by atoms with Gasteiger partial charge in [0.05, 0.1) is 25.3 Å². The summed E-state index contributed by atoms with van der Waals surface area (Å²) in [7, 11) is 2.72. The van der Waals surface area contributed by atoms with Crippen LogP contribution in [0.15, 0.2) is 89.8 Å². The molecule has 7 nitrogen and oxygen atoms in total. The van der Waals surface area contributed by atoms with E-state index in [-0.39, 0.29) is 26.8 Å². The molecular formula is C31H38BrN3O4. The molecule has 0 saturated heterocycles. The second-order valence-corrected chi connectivity index (χ2v) is 8.78. The van der Waals surface area contributed by atoms with Crippen LogP contribution in [0, 0.1) is 13.8 Å². The number of nitrogens with zero attached hydrogens (tertiary/aromatic N) is 2. The summed E-state index contributed by atoms with van der Waals surface area (Å²) < 4.78 is 10.1. The summed E-state index contributed by atoms with van der Waals surface area (Å²) in [6, 6.07) is 22.0. The molecule has 8 heteroatoms. The van der Waals surface area contributed by atoms with Gasteiger partial charge in [-0.2, -0.15) is 0 Å². The van der Waals surface area contributed by atoms with Crippen LogP contribution in [0.3, 0.4) is 0 Å². The van der Waals surface area contributed by atoms with Gasteiger partial charge in [0.1, 0.15) is 4.60 Å².